The van der Waals surface area contributed by atoms with Crippen LogP contribution in [0.2, 0.25) is 0 Å². The van der Waals surface area contributed by atoms with Gasteiger partial charge in [0.1, 0.15) is 5.92 Å². The van der Waals surface area contributed by atoms with E-state index >= 15 is 0 Å². The molecule has 4 rings (SSSR count). The Morgan fingerprint density at radius 1 is 0.967 bits per heavy atom. The highest BCUT2D eigenvalue weighted by Crippen LogP contribution is 2.37. The molecule has 0 radical (unpaired) electrons. The molecule has 156 valence electrons. The van der Waals surface area contributed by atoms with Gasteiger partial charge in [-0.05, 0) is 80.4 Å². The minimum Gasteiger partial charge on any atom is -0.299 e. The Morgan fingerprint density at radius 2 is 1.60 bits per heavy atom. The fourth-order valence-electron chi connectivity index (χ4n) is 5.19. The lowest BCUT2D eigenvalue weighted by molar-refractivity contribution is -0.123. The van der Waals surface area contributed by atoms with Crippen LogP contribution in [-0.2, 0) is 16.1 Å². The van der Waals surface area contributed by atoms with Crippen molar-refractivity contribution in [1.82, 2.24) is 4.90 Å². The van der Waals surface area contributed by atoms with Crippen LogP contribution in [0.4, 0.5) is 0 Å². The lowest BCUT2D eigenvalue weighted by Gasteiger charge is -2.30. The van der Waals surface area contributed by atoms with E-state index in [1.54, 1.807) is 0 Å². The summed E-state index contributed by atoms with van der Waals surface area (Å²) in [6.45, 7) is 9.13. The van der Waals surface area contributed by atoms with Gasteiger partial charge in [-0.25, -0.2) is 0 Å². The number of Topliss-reactive ketones (excluding diaryl/α,β-unsaturated/α-hetero) is 2. The number of nitrogens with zero attached hydrogens (tertiary/aromatic N) is 1. The summed E-state index contributed by atoms with van der Waals surface area (Å²) in [6, 6.07) is 14.7. The van der Waals surface area contributed by atoms with E-state index in [0.717, 1.165) is 54.7 Å². The Balaban J connectivity index is 1.43. The predicted octanol–water partition coefficient (Wildman–Crippen LogP) is 5.08. The molecule has 1 heterocycles. The Bertz CT molecular complexity index is 958. The number of benzene rings is 2. The molecule has 2 fully saturated rings. The number of aryl methyl sites for hydroxylation is 3. The lowest BCUT2D eigenvalue weighted by Crippen LogP contribution is -2.32. The minimum absolute atomic E-state index is 0.0294. The normalized spacial score (nSPS) is 22.2. The van der Waals surface area contributed by atoms with Gasteiger partial charge < -0.3 is 0 Å². The molecule has 1 atom stereocenters. The van der Waals surface area contributed by atoms with Gasteiger partial charge in [-0.1, -0.05) is 54.1 Å². The first-order chi connectivity index (χ1) is 14.4. The number of piperidine rings is 1. The number of ketones is 2. The molecule has 1 saturated heterocycles. The average Bonchev–Trinajstić information content (AvgIpc) is 2.97. The van der Waals surface area contributed by atoms with E-state index in [0.29, 0.717) is 12.3 Å². The molecule has 30 heavy (non-hydrogen) atoms. The van der Waals surface area contributed by atoms with E-state index in [4.69, 9.17) is 0 Å². The summed E-state index contributed by atoms with van der Waals surface area (Å²) in [4.78, 5) is 28.5. The zero-order valence-electron chi connectivity index (χ0n) is 18.3. The van der Waals surface area contributed by atoms with Crippen molar-refractivity contribution in [2.45, 2.75) is 52.5 Å². The van der Waals surface area contributed by atoms with Gasteiger partial charge in [-0.2, -0.15) is 0 Å². The van der Waals surface area contributed by atoms with Crippen molar-refractivity contribution in [1.29, 1.82) is 0 Å². The number of likely N-dealkylation sites (tertiary alicyclic amines) is 1. The molecule has 1 aliphatic heterocycles. The number of allylic oxidation sites excluding steroid dienone is 2. The summed E-state index contributed by atoms with van der Waals surface area (Å²) in [5, 5.41) is 0. The van der Waals surface area contributed by atoms with E-state index in [1.807, 2.05) is 13.8 Å². The maximum Gasteiger partial charge on any atom is 0.173 e. The van der Waals surface area contributed by atoms with Gasteiger partial charge in [0.2, 0.25) is 0 Å². The van der Waals surface area contributed by atoms with Crippen molar-refractivity contribution >= 4 is 11.6 Å². The van der Waals surface area contributed by atoms with E-state index in [9.17, 15) is 9.59 Å². The van der Waals surface area contributed by atoms with E-state index in [2.05, 4.69) is 60.4 Å². The zero-order chi connectivity index (χ0) is 21.3. The van der Waals surface area contributed by atoms with Gasteiger partial charge in [0.15, 0.2) is 11.6 Å². The van der Waals surface area contributed by atoms with E-state index < -0.39 is 5.92 Å². The summed E-state index contributed by atoms with van der Waals surface area (Å²) in [6.07, 6.45) is 4.51. The summed E-state index contributed by atoms with van der Waals surface area (Å²) < 4.78 is 0. The second-order valence-electron chi connectivity index (χ2n) is 9.04. The highest BCUT2D eigenvalue weighted by Gasteiger charge is 2.40. The van der Waals surface area contributed by atoms with Crippen LogP contribution in [0, 0.1) is 26.7 Å². The number of carbonyl (C=O) groups excluding carboxylic acids is 2. The van der Waals surface area contributed by atoms with Crippen LogP contribution < -0.4 is 0 Å². The highest BCUT2D eigenvalue weighted by molar-refractivity contribution is 6.23. The minimum atomic E-state index is -0.602. The van der Waals surface area contributed by atoms with Crippen LogP contribution >= 0.6 is 0 Å². The second kappa shape index (κ2) is 8.69. The first kappa shape index (κ1) is 20.7. The van der Waals surface area contributed by atoms with Crippen LogP contribution in [0.15, 0.2) is 54.1 Å². The third-order valence-electron chi connectivity index (χ3n) is 6.61. The summed E-state index contributed by atoms with van der Waals surface area (Å²) >= 11 is 0. The maximum absolute atomic E-state index is 13.2. The van der Waals surface area contributed by atoms with Gasteiger partial charge in [0, 0.05) is 13.0 Å². The van der Waals surface area contributed by atoms with Crippen LogP contribution in [0.25, 0.3) is 0 Å². The highest BCUT2D eigenvalue weighted by atomic mass is 16.2. The van der Waals surface area contributed by atoms with Crippen molar-refractivity contribution < 1.29 is 9.59 Å². The molecule has 2 aromatic rings. The predicted molar refractivity (Wildman–Crippen MR) is 121 cm³/mol. The monoisotopic (exact) mass is 401 g/mol. The van der Waals surface area contributed by atoms with Crippen LogP contribution in [0.3, 0.4) is 0 Å². The number of hydrogen-bond acceptors (Lipinski definition) is 3. The molecule has 2 aliphatic rings. The Morgan fingerprint density at radius 3 is 2.23 bits per heavy atom. The number of carbonyl (C=O) groups is 2. The molecule has 3 nitrogen and oxygen atoms in total. The molecule has 0 amide bonds. The van der Waals surface area contributed by atoms with Gasteiger partial charge >= 0.3 is 0 Å². The van der Waals surface area contributed by atoms with Crippen LogP contribution in [-0.4, -0.2) is 29.6 Å². The van der Waals surface area contributed by atoms with Crippen molar-refractivity contribution in [3.8, 4) is 0 Å². The topological polar surface area (TPSA) is 37.4 Å². The molecule has 1 unspecified atom stereocenters. The first-order valence-electron chi connectivity index (χ1n) is 11.0. The van der Waals surface area contributed by atoms with E-state index in [-0.39, 0.29) is 11.6 Å². The Hall–Kier alpha value is -2.52. The average molecular weight is 402 g/mol. The molecule has 1 saturated carbocycles. The van der Waals surface area contributed by atoms with Crippen LogP contribution in [0.5, 0.6) is 0 Å². The second-order valence-corrected chi connectivity index (χ2v) is 9.04. The quantitative estimate of drug-likeness (QED) is 0.530. The van der Waals surface area contributed by atoms with Gasteiger partial charge in [0.25, 0.3) is 0 Å². The number of hydrogen-bond donors (Lipinski definition) is 0. The van der Waals surface area contributed by atoms with Crippen molar-refractivity contribution in [3.63, 3.8) is 0 Å². The maximum atomic E-state index is 13.2. The third-order valence-corrected chi connectivity index (χ3v) is 6.61. The SMILES string of the molecule is Cc1cc(C)c(C2C(=O)CC(=CC3CCN(Cc4ccccc4)CC3)C2=O)c(C)c1. The fourth-order valence-corrected chi connectivity index (χ4v) is 5.19. The number of rotatable bonds is 4. The van der Waals surface area contributed by atoms with Gasteiger partial charge in [-0.3, -0.25) is 14.5 Å². The molecule has 0 bridgehead atoms. The van der Waals surface area contributed by atoms with Crippen molar-refractivity contribution in [2.75, 3.05) is 13.1 Å². The smallest absolute Gasteiger partial charge is 0.173 e. The van der Waals surface area contributed by atoms with Gasteiger partial charge in [-0.15, -0.1) is 0 Å². The molecule has 0 aromatic heterocycles. The Labute approximate surface area is 179 Å². The molecule has 0 spiro atoms. The molecule has 0 N–H and O–H groups in total. The van der Waals surface area contributed by atoms with Crippen molar-refractivity contribution in [3.05, 3.63) is 81.9 Å². The standard InChI is InChI=1S/C27H31NO2/c1-18-13-19(2)25(20(3)14-18)26-24(29)16-23(27(26)30)15-21-9-11-28(12-10-21)17-22-7-5-4-6-8-22/h4-8,13-15,21,26H,9-12,16-17H2,1-3H3. The third kappa shape index (κ3) is 4.32. The van der Waals surface area contributed by atoms with Gasteiger partial charge in [0.05, 0.1) is 0 Å². The van der Waals surface area contributed by atoms with Crippen molar-refractivity contribution in [2.24, 2.45) is 5.92 Å². The molecule has 1 aliphatic carbocycles. The fraction of sp³-hybridized carbons (Fsp3) is 0.407. The van der Waals surface area contributed by atoms with Crippen LogP contribution in [0.1, 0.15) is 53.0 Å². The molecular formula is C27H31NO2. The molecular weight excluding hydrogens is 370 g/mol. The largest absolute Gasteiger partial charge is 0.299 e. The summed E-state index contributed by atoms with van der Waals surface area (Å²) in [7, 11) is 0. The summed E-state index contributed by atoms with van der Waals surface area (Å²) in [5.41, 5.74) is 6.29. The molecule has 2 aromatic carbocycles. The molecule has 3 heteroatoms. The zero-order valence-corrected chi connectivity index (χ0v) is 18.3. The first-order valence-corrected chi connectivity index (χ1v) is 11.0. The summed E-state index contributed by atoms with van der Waals surface area (Å²) in [5.74, 6) is -0.123. The van der Waals surface area contributed by atoms with E-state index in [1.165, 1.54) is 11.1 Å². The Kier molecular flexibility index (Phi) is 6.01. The lowest BCUT2D eigenvalue weighted by atomic mass is 9.86.